The van der Waals surface area contributed by atoms with Crippen molar-refractivity contribution in [1.82, 2.24) is 4.72 Å². The SMILES string of the molecule is CC(NS(=O)(=O)c1cc(N)cs1)c1ccc(C#N)cc1. The molecule has 2 aromatic rings. The lowest BCUT2D eigenvalue weighted by molar-refractivity contribution is 0.569. The van der Waals surface area contributed by atoms with E-state index in [1.165, 1.54) is 6.07 Å². The monoisotopic (exact) mass is 307 g/mol. The molecule has 7 heteroatoms. The molecule has 20 heavy (non-hydrogen) atoms. The first kappa shape index (κ1) is 14.5. The van der Waals surface area contributed by atoms with Crippen molar-refractivity contribution in [1.29, 1.82) is 5.26 Å². The standard InChI is InChI=1S/C13H13N3O2S2/c1-9(11-4-2-10(7-14)3-5-11)16-20(17,18)13-6-12(15)8-19-13/h2-6,8-9,16H,15H2,1H3. The number of nitriles is 1. The van der Waals surface area contributed by atoms with Gasteiger partial charge in [0.25, 0.3) is 10.0 Å². The lowest BCUT2D eigenvalue weighted by Gasteiger charge is -2.13. The van der Waals surface area contributed by atoms with Gasteiger partial charge in [-0.2, -0.15) is 5.26 Å². The second-order valence-electron chi connectivity index (χ2n) is 4.28. The molecule has 0 saturated carbocycles. The highest BCUT2D eigenvalue weighted by atomic mass is 32.2. The first-order valence-corrected chi connectivity index (χ1v) is 8.15. The van der Waals surface area contributed by atoms with Crippen molar-refractivity contribution >= 4 is 27.0 Å². The van der Waals surface area contributed by atoms with Gasteiger partial charge in [0.05, 0.1) is 11.6 Å². The van der Waals surface area contributed by atoms with Gasteiger partial charge < -0.3 is 5.73 Å². The number of anilines is 1. The zero-order chi connectivity index (χ0) is 14.8. The molecule has 3 N–H and O–H groups in total. The third-order valence-corrected chi connectivity index (χ3v) is 5.73. The van der Waals surface area contributed by atoms with E-state index in [1.807, 2.05) is 6.07 Å². The highest BCUT2D eigenvalue weighted by Gasteiger charge is 2.20. The van der Waals surface area contributed by atoms with Crippen LogP contribution < -0.4 is 10.5 Å². The van der Waals surface area contributed by atoms with Gasteiger partial charge in [-0.1, -0.05) is 12.1 Å². The van der Waals surface area contributed by atoms with E-state index in [4.69, 9.17) is 11.0 Å². The summed E-state index contributed by atoms with van der Waals surface area (Å²) in [5, 5.41) is 10.3. The van der Waals surface area contributed by atoms with Crippen molar-refractivity contribution in [3.63, 3.8) is 0 Å². The molecule has 0 fully saturated rings. The summed E-state index contributed by atoms with van der Waals surface area (Å²) in [6.07, 6.45) is 0. The number of hydrogen-bond acceptors (Lipinski definition) is 5. The molecule has 1 aromatic heterocycles. The van der Waals surface area contributed by atoms with Crippen LogP contribution in [0.1, 0.15) is 24.1 Å². The Kier molecular flexibility index (Phi) is 4.09. The summed E-state index contributed by atoms with van der Waals surface area (Å²) >= 11 is 1.08. The van der Waals surface area contributed by atoms with Gasteiger partial charge in [-0.15, -0.1) is 11.3 Å². The van der Waals surface area contributed by atoms with E-state index in [9.17, 15) is 8.42 Å². The number of thiophene rings is 1. The van der Waals surface area contributed by atoms with Crippen LogP contribution in [0.25, 0.3) is 0 Å². The predicted octanol–water partition coefficient (Wildman–Crippen LogP) is 2.24. The number of rotatable bonds is 4. The Morgan fingerprint density at radius 3 is 2.50 bits per heavy atom. The largest absolute Gasteiger partial charge is 0.398 e. The van der Waals surface area contributed by atoms with E-state index in [-0.39, 0.29) is 4.21 Å². The minimum Gasteiger partial charge on any atom is -0.398 e. The topological polar surface area (TPSA) is 96.0 Å². The normalized spacial score (nSPS) is 12.8. The number of hydrogen-bond donors (Lipinski definition) is 2. The van der Waals surface area contributed by atoms with Crippen molar-refractivity contribution < 1.29 is 8.42 Å². The van der Waals surface area contributed by atoms with Crippen molar-refractivity contribution in [3.05, 3.63) is 46.8 Å². The Morgan fingerprint density at radius 1 is 1.35 bits per heavy atom. The fourth-order valence-corrected chi connectivity index (χ4v) is 4.01. The highest BCUT2D eigenvalue weighted by molar-refractivity contribution is 7.91. The smallest absolute Gasteiger partial charge is 0.250 e. The first-order valence-electron chi connectivity index (χ1n) is 5.79. The fraction of sp³-hybridized carbons (Fsp3) is 0.154. The van der Waals surface area contributed by atoms with Crippen molar-refractivity contribution in [2.75, 3.05) is 5.73 Å². The van der Waals surface area contributed by atoms with Crippen LogP contribution in [-0.2, 0) is 10.0 Å². The molecule has 1 unspecified atom stereocenters. The number of nitrogen functional groups attached to an aromatic ring is 1. The minimum atomic E-state index is -3.58. The number of nitrogens with two attached hydrogens (primary N) is 1. The lowest BCUT2D eigenvalue weighted by atomic mass is 10.1. The summed E-state index contributed by atoms with van der Waals surface area (Å²) in [6, 6.07) is 9.83. The summed E-state index contributed by atoms with van der Waals surface area (Å²) < 4.78 is 27.1. The molecular weight excluding hydrogens is 294 g/mol. The summed E-state index contributed by atoms with van der Waals surface area (Å²) in [5.74, 6) is 0. The van der Waals surface area contributed by atoms with Crippen LogP contribution in [0.2, 0.25) is 0 Å². The molecule has 0 aliphatic heterocycles. The molecule has 0 saturated heterocycles. The quantitative estimate of drug-likeness (QED) is 0.905. The number of nitrogens with one attached hydrogen (secondary N) is 1. The van der Waals surface area contributed by atoms with E-state index >= 15 is 0 Å². The van der Waals surface area contributed by atoms with E-state index < -0.39 is 16.1 Å². The average Bonchev–Trinajstić information content (AvgIpc) is 2.86. The Hall–Kier alpha value is -1.88. The Balaban J connectivity index is 2.18. The van der Waals surface area contributed by atoms with Crippen molar-refractivity contribution in [3.8, 4) is 6.07 Å². The van der Waals surface area contributed by atoms with Crippen LogP contribution in [0.3, 0.4) is 0 Å². The maximum absolute atomic E-state index is 12.1. The van der Waals surface area contributed by atoms with Gasteiger partial charge in [0.2, 0.25) is 0 Å². The molecule has 0 spiro atoms. The molecule has 0 amide bonds. The number of benzene rings is 1. The molecule has 2 rings (SSSR count). The van der Waals surface area contributed by atoms with Crippen LogP contribution in [0, 0.1) is 11.3 Å². The van der Waals surface area contributed by atoms with E-state index in [1.54, 1.807) is 36.6 Å². The van der Waals surface area contributed by atoms with Crippen molar-refractivity contribution in [2.24, 2.45) is 0 Å². The van der Waals surface area contributed by atoms with Gasteiger partial charge in [-0.05, 0) is 30.7 Å². The molecule has 5 nitrogen and oxygen atoms in total. The van der Waals surface area contributed by atoms with Gasteiger partial charge in [0.1, 0.15) is 4.21 Å². The summed E-state index contributed by atoms with van der Waals surface area (Å²) in [6.45, 7) is 1.75. The van der Waals surface area contributed by atoms with Crippen LogP contribution in [0.15, 0.2) is 39.9 Å². The molecule has 0 aliphatic rings. The maximum Gasteiger partial charge on any atom is 0.250 e. The average molecular weight is 307 g/mol. The summed E-state index contributed by atoms with van der Waals surface area (Å²) in [4.78, 5) is 0. The van der Waals surface area contributed by atoms with Crippen LogP contribution in [-0.4, -0.2) is 8.42 Å². The molecule has 0 bridgehead atoms. The Bertz CT molecular complexity index is 743. The third-order valence-electron chi connectivity index (χ3n) is 2.73. The molecule has 1 atom stereocenters. The zero-order valence-electron chi connectivity index (χ0n) is 10.7. The zero-order valence-corrected chi connectivity index (χ0v) is 12.3. The van der Waals surface area contributed by atoms with E-state index in [0.717, 1.165) is 16.9 Å². The minimum absolute atomic E-state index is 0.190. The number of nitrogens with zero attached hydrogens (tertiary/aromatic N) is 1. The third kappa shape index (κ3) is 3.17. The van der Waals surface area contributed by atoms with Gasteiger partial charge >= 0.3 is 0 Å². The van der Waals surface area contributed by atoms with Crippen LogP contribution >= 0.6 is 11.3 Å². The lowest BCUT2D eigenvalue weighted by Crippen LogP contribution is -2.26. The molecule has 104 valence electrons. The second kappa shape index (κ2) is 5.63. The van der Waals surface area contributed by atoms with E-state index in [0.29, 0.717) is 11.3 Å². The fourth-order valence-electron chi connectivity index (χ4n) is 1.68. The van der Waals surface area contributed by atoms with Crippen LogP contribution in [0.4, 0.5) is 5.69 Å². The summed E-state index contributed by atoms with van der Waals surface area (Å²) in [7, 11) is -3.58. The predicted molar refractivity (Wildman–Crippen MR) is 78.6 cm³/mol. The first-order chi connectivity index (χ1) is 9.42. The Morgan fingerprint density at radius 2 is 2.00 bits per heavy atom. The highest BCUT2D eigenvalue weighted by Crippen LogP contribution is 2.23. The molecular formula is C13H13N3O2S2. The molecule has 0 aliphatic carbocycles. The van der Waals surface area contributed by atoms with Gasteiger partial charge in [-0.25, -0.2) is 13.1 Å². The van der Waals surface area contributed by atoms with Crippen molar-refractivity contribution in [2.45, 2.75) is 17.2 Å². The van der Waals surface area contributed by atoms with E-state index in [2.05, 4.69) is 4.72 Å². The summed E-state index contributed by atoms with van der Waals surface area (Å²) in [5.41, 5.74) is 7.29. The number of sulfonamides is 1. The molecule has 0 radical (unpaired) electrons. The second-order valence-corrected chi connectivity index (χ2v) is 7.13. The molecule has 1 heterocycles. The van der Waals surface area contributed by atoms with Gasteiger partial charge in [0.15, 0.2) is 0 Å². The van der Waals surface area contributed by atoms with Crippen LogP contribution in [0.5, 0.6) is 0 Å². The van der Waals surface area contributed by atoms with Gasteiger partial charge in [0, 0.05) is 17.1 Å². The Labute approximate surface area is 121 Å². The maximum atomic E-state index is 12.1. The molecule has 1 aromatic carbocycles. The van der Waals surface area contributed by atoms with Gasteiger partial charge in [-0.3, -0.25) is 0 Å².